The molecule has 0 unspecified atom stereocenters. The summed E-state index contributed by atoms with van der Waals surface area (Å²) in [5.41, 5.74) is 3.75. The lowest BCUT2D eigenvalue weighted by atomic mass is 10.2. The summed E-state index contributed by atoms with van der Waals surface area (Å²) in [6.45, 7) is -0.198. The summed E-state index contributed by atoms with van der Waals surface area (Å²) in [6, 6.07) is 0.780. The summed E-state index contributed by atoms with van der Waals surface area (Å²) >= 11 is 0. The van der Waals surface area contributed by atoms with Crippen molar-refractivity contribution < 1.29 is 13.2 Å². The fourth-order valence-electron chi connectivity index (χ4n) is 1.08. The normalized spacial score (nSPS) is 11.8. The fourth-order valence-corrected chi connectivity index (χ4v) is 1.08. The zero-order valence-electron chi connectivity index (χ0n) is 7.43. The number of hydrogen-bond acceptors (Lipinski definition) is 2. The molecule has 6 heteroatoms. The van der Waals surface area contributed by atoms with Crippen molar-refractivity contribution in [1.29, 1.82) is 0 Å². The monoisotopic (exact) mass is 206 g/mol. The van der Waals surface area contributed by atoms with Crippen molar-refractivity contribution in [2.24, 2.45) is 12.8 Å². The molecular weight excluding hydrogens is 197 g/mol. The number of nitrogens with two attached hydrogens (primary N) is 1. The van der Waals surface area contributed by atoms with Gasteiger partial charge in [-0.25, -0.2) is 0 Å². The van der Waals surface area contributed by atoms with E-state index in [1.807, 2.05) is 0 Å². The van der Waals surface area contributed by atoms with Crippen LogP contribution in [0.3, 0.4) is 0 Å². The molecule has 0 saturated carbocycles. The largest absolute Gasteiger partial charge is 0.417 e. The van der Waals surface area contributed by atoms with E-state index >= 15 is 0 Å². The molecule has 0 fully saturated rings. The molecule has 0 aromatic carbocycles. The Hall–Kier alpha value is -1.30. The van der Waals surface area contributed by atoms with Gasteiger partial charge in [-0.15, -0.1) is 0 Å². The molecule has 2 N–H and O–H groups in total. The molecule has 0 aliphatic carbocycles. The van der Waals surface area contributed by atoms with E-state index in [0.29, 0.717) is 0 Å². The van der Waals surface area contributed by atoms with E-state index in [-0.39, 0.29) is 12.1 Å². The summed E-state index contributed by atoms with van der Waals surface area (Å²) in [7, 11) is 1.26. The van der Waals surface area contributed by atoms with Gasteiger partial charge in [-0.1, -0.05) is 0 Å². The van der Waals surface area contributed by atoms with Crippen molar-refractivity contribution >= 4 is 0 Å². The number of alkyl halides is 3. The van der Waals surface area contributed by atoms with Crippen LogP contribution < -0.4 is 11.3 Å². The van der Waals surface area contributed by atoms with Crippen LogP contribution in [0.4, 0.5) is 13.2 Å². The van der Waals surface area contributed by atoms with Gasteiger partial charge in [0.15, 0.2) is 0 Å². The third kappa shape index (κ3) is 1.95. The highest BCUT2D eigenvalue weighted by Crippen LogP contribution is 2.28. The van der Waals surface area contributed by atoms with Crippen molar-refractivity contribution in [3.8, 4) is 0 Å². The number of nitrogens with zero attached hydrogens (tertiary/aromatic N) is 1. The summed E-state index contributed by atoms with van der Waals surface area (Å²) < 4.78 is 37.7. The second kappa shape index (κ2) is 3.45. The Morgan fingerprint density at radius 3 is 2.50 bits per heavy atom. The van der Waals surface area contributed by atoms with E-state index in [4.69, 9.17) is 5.73 Å². The van der Waals surface area contributed by atoms with Crippen molar-refractivity contribution in [3.05, 3.63) is 33.7 Å². The van der Waals surface area contributed by atoms with Crippen LogP contribution in [0, 0.1) is 0 Å². The van der Waals surface area contributed by atoms with E-state index < -0.39 is 17.3 Å². The van der Waals surface area contributed by atoms with Gasteiger partial charge in [0.2, 0.25) is 0 Å². The molecular formula is C8H9F3N2O. The Labute approximate surface area is 78.0 Å². The highest BCUT2D eigenvalue weighted by Gasteiger charge is 2.31. The van der Waals surface area contributed by atoms with Gasteiger partial charge in [-0.05, 0) is 6.07 Å². The second-order valence-electron chi connectivity index (χ2n) is 2.87. The Balaban J connectivity index is 3.38. The number of aryl methyl sites for hydroxylation is 1. The lowest BCUT2D eigenvalue weighted by molar-refractivity contribution is -0.138. The first-order valence-corrected chi connectivity index (χ1v) is 3.83. The maximum Gasteiger partial charge on any atom is 0.417 e. The number of pyridine rings is 1. The number of rotatable bonds is 1. The van der Waals surface area contributed by atoms with Crippen LogP contribution in [-0.4, -0.2) is 4.57 Å². The molecule has 1 aromatic rings. The maximum absolute atomic E-state index is 12.3. The first kappa shape index (κ1) is 10.8. The zero-order chi connectivity index (χ0) is 10.9. The van der Waals surface area contributed by atoms with Crippen LogP contribution in [0.15, 0.2) is 17.1 Å². The first-order chi connectivity index (χ1) is 6.36. The Morgan fingerprint density at radius 1 is 1.50 bits per heavy atom. The minimum atomic E-state index is -4.45. The van der Waals surface area contributed by atoms with E-state index in [1.54, 1.807) is 0 Å². The van der Waals surface area contributed by atoms with E-state index in [9.17, 15) is 18.0 Å². The fraction of sp³-hybridized carbons (Fsp3) is 0.375. The van der Waals surface area contributed by atoms with Crippen molar-refractivity contribution in [1.82, 2.24) is 4.57 Å². The van der Waals surface area contributed by atoms with Gasteiger partial charge in [0.1, 0.15) is 0 Å². The van der Waals surface area contributed by atoms with Crippen LogP contribution in [0.1, 0.15) is 11.1 Å². The van der Waals surface area contributed by atoms with E-state index in [0.717, 1.165) is 16.8 Å². The number of halogens is 3. The molecule has 1 rings (SSSR count). The summed E-state index contributed by atoms with van der Waals surface area (Å²) in [5, 5.41) is 0. The third-order valence-electron chi connectivity index (χ3n) is 1.80. The van der Waals surface area contributed by atoms with Gasteiger partial charge in [0.05, 0.1) is 5.56 Å². The molecule has 0 saturated heterocycles. The minimum Gasteiger partial charge on any atom is -0.326 e. The molecule has 78 valence electrons. The van der Waals surface area contributed by atoms with Crippen LogP contribution in [0.25, 0.3) is 0 Å². The minimum absolute atomic E-state index is 0.0395. The smallest absolute Gasteiger partial charge is 0.326 e. The van der Waals surface area contributed by atoms with Gasteiger partial charge >= 0.3 is 6.18 Å². The lowest BCUT2D eigenvalue weighted by Crippen LogP contribution is -2.25. The maximum atomic E-state index is 12.3. The molecule has 0 aliphatic heterocycles. The molecule has 0 radical (unpaired) electrons. The SMILES string of the molecule is Cn1cc(C(F)(F)F)cc(CN)c1=O. The predicted octanol–water partition coefficient (Wildman–Crippen LogP) is 0.863. The molecule has 14 heavy (non-hydrogen) atoms. The molecule has 0 bridgehead atoms. The average molecular weight is 206 g/mol. The highest BCUT2D eigenvalue weighted by atomic mass is 19.4. The topological polar surface area (TPSA) is 48.0 Å². The van der Waals surface area contributed by atoms with Crippen molar-refractivity contribution in [2.45, 2.75) is 12.7 Å². The van der Waals surface area contributed by atoms with Gasteiger partial charge in [0.25, 0.3) is 5.56 Å². The van der Waals surface area contributed by atoms with Gasteiger partial charge in [-0.2, -0.15) is 13.2 Å². The van der Waals surface area contributed by atoms with Gasteiger partial charge in [-0.3, -0.25) is 4.79 Å². The zero-order valence-corrected chi connectivity index (χ0v) is 7.43. The molecule has 3 nitrogen and oxygen atoms in total. The van der Waals surface area contributed by atoms with Gasteiger partial charge in [0, 0.05) is 25.4 Å². The Morgan fingerprint density at radius 2 is 2.07 bits per heavy atom. The molecule has 0 atom stereocenters. The number of aromatic nitrogens is 1. The molecule has 0 amide bonds. The Kier molecular flexibility index (Phi) is 2.66. The first-order valence-electron chi connectivity index (χ1n) is 3.83. The molecule has 0 spiro atoms. The van der Waals surface area contributed by atoms with E-state index in [2.05, 4.69) is 0 Å². The lowest BCUT2D eigenvalue weighted by Gasteiger charge is -2.09. The standard InChI is InChI=1S/C8H9F3N2O/c1-13-4-6(8(9,10)11)2-5(3-12)7(13)14/h2,4H,3,12H2,1H3. The predicted molar refractivity (Wildman–Crippen MR) is 44.6 cm³/mol. The number of hydrogen-bond donors (Lipinski definition) is 1. The summed E-state index contributed by atoms with van der Waals surface area (Å²) in [5.74, 6) is 0. The summed E-state index contributed by atoms with van der Waals surface area (Å²) in [6.07, 6.45) is -3.70. The van der Waals surface area contributed by atoms with Gasteiger partial charge < -0.3 is 10.3 Å². The molecule has 0 aliphatic rings. The third-order valence-corrected chi connectivity index (χ3v) is 1.80. The molecule has 1 aromatic heterocycles. The van der Waals surface area contributed by atoms with Crippen LogP contribution >= 0.6 is 0 Å². The van der Waals surface area contributed by atoms with Crippen LogP contribution in [0.5, 0.6) is 0 Å². The quantitative estimate of drug-likeness (QED) is 0.740. The van der Waals surface area contributed by atoms with Crippen molar-refractivity contribution in [3.63, 3.8) is 0 Å². The Bertz CT molecular complexity index is 395. The highest BCUT2D eigenvalue weighted by molar-refractivity contribution is 5.21. The van der Waals surface area contributed by atoms with E-state index in [1.165, 1.54) is 7.05 Å². The van der Waals surface area contributed by atoms with Crippen molar-refractivity contribution in [2.75, 3.05) is 0 Å². The van der Waals surface area contributed by atoms with Crippen LogP contribution in [0.2, 0.25) is 0 Å². The average Bonchev–Trinajstić information content (AvgIpc) is 2.07. The molecule has 1 heterocycles. The van der Waals surface area contributed by atoms with Crippen LogP contribution in [-0.2, 0) is 19.8 Å². The second-order valence-corrected chi connectivity index (χ2v) is 2.87. The summed E-state index contributed by atoms with van der Waals surface area (Å²) in [4.78, 5) is 11.2.